The molecule has 0 amide bonds. The molecule has 2 aliphatic heterocycles. The number of benzene rings is 1. The van der Waals surface area contributed by atoms with Crippen LogP contribution in [0.2, 0.25) is 0 Å². The van der Waals surface area contributed by atoms with Gasteiger partial charge in [0, 0.05) is 31.9 Å². The summed E-state index contributed by atoms with van der Waals surface area (Å²) < 4.78 is 5.26. The van der Waals surface area contributed by atoms with Gasteiger partial charge >= 0.3 is 0 Å². The van der Waals surface area contributed by atoms with Crippen LogP contribution in [-0.2, 0) is 4.74 Å². The van der Waals surface area contributed by atoms with Gasteiger partial charge < -0.3 is 9.64 Å². The van der Waals surface area contributed by atoms with Crippen LogP contribution in [0.1, 0.15) is 5.56 Å². The van der Waals surface area contributed by atoms with E-state index in [0.29, 0.717) is 6.04 Å². The average Bonchev–Trinajstić information content (AvgIpc) is 2.38. The number of hydrogen-bond donors (Lipinski definition) is 0. The highest BCUT2D eigenvalue weighted by Gasteiger charge is 2.28. The van der Waals surface area contributed by atoms with Gasteiger partial charge in [0.15, 0.2) is 0 Å². The average molecular weight is 244 g/mol. The molecule has 0 aliphatic carbocycles. The zero-order valence-electron chi connectivity index (χ0n) is 10.7. The van der Waals surface area contributed by atoms with Crippen molar-refractivity contribution in [3.05, 3.63) is 36.4 Å². The Labute approximate surface area is 109 Å². The smallest absolute Gasteiger partial charge is 0.0645 e. The summed E-state index contributed by atoms with van der Waals surface area (Å²) in [6, 6.07) is 9.33. The molecule has 3 heteroatoms. The van der Waals surface area contributed by atoms with Crippen LogP contribution in [0.15, 0.2) is 30.8 Å². The summed E-state index contributed by atoms with van der Waals surface area (Å²) in [5.74, 6) is 0. The summed E-state index contributed by atoms with van der Waals surface area (Å²) in [5, 5.41) is 0. The maximum atomic E-state index is 5.26. The fraction of sp³-hybridized carbons (Fsp3) is 0.467. The Morgan fingerprint density at radius 3 is 2.22 bits per heavy atom. The van der Waals surface area contributed by atoms with E-state index in [4.69, 9.17) is 4.74 Å². The van der Waals surface area contributed by atoms with Crippen molar-refractivity contribution in [3.8, 4) is 0 Å². The van der Waals surface area contributed by atoms with E-state index in [2.05, 4.69) is 40.6 Å². The number of hydrogen-bond acceptors (Lipinski definition) is 3. The second-order valence-corrected chi connectivity index (χ2v) is 5.01. The van der Waals surface area contributed by atoms with Crippen LogP contribution in [0.5, 0.6) is 0 Å². The lowest BCUT2D eigenvalue weighted by atomic mass is 10.1. The van der Waals surface area contributed by atoms with E-state index in [-0.39, 0.29) is 0 Å². The standard InChI is InChI=1S/C15H20N2O/c1-2-13-3-5-14(6-4-13)16-7-9-17(10-8-16)15-11-18-12-15/h2-6,15H,1,7-12H2. The number of rotatable bonds is 3. The van der Waals surface area contributed by atoms with Crippen LogP contribution in [0.25, 0.3) is 6.08 Å². The SMILES string of the molecule is C=Cc1ccc(N2CCN(C3COC3)CC2)cc1. The molecule has 18 heavy (non-hydrogen) atoms. The minimum Gasteiger partial charge on any atom is -0.378 e. The van der Waals surface area contributed by atoms with Crippen LogP contribution in [0.3, 0.4) is 0 Å². The number of anilines is 1. The first-order valence-corrected chi connectivity index (χ1v) is 6.66. The Morgan fingerprint density at radius 2 is 1.72 bits per heavy atom. The van der Waals surface area contributed by atoms with E-state index < -0.39 is 0 Å². The largest absolute Gasteiger partial charge is 0.378 e. The van der Waals surface area contributed by atoms with Gasteiger partial charge in [-0.2, -0.15) is 0 Å². The van der Waals surface area contributed by atoms with Crippen molar-refractivity contribution < 1.29 is 4.74 Å². The zero-order valence-corrected chi connectivity index (χ0v) is 10.7. The first-order chi connectivity index (χ1) is 8.86. The summed E-state index contributed by atoms with van der Waals surface area (Å²) in [7, 11) is 0. The molecule has 0 spiro atoms. The predicted molar refractivity (Wildman–Crippen MR) is 74.9 cm³/mol. The minimum atomic E-state index is 0.676. The van der Waals surface area contributed by atoms with Crippen molar-refractivity contribution in [2.45, 2.75) is 6.04 Å². The normalized spacial score (nSPS) is 21.7. The summed E-state index contributed by atoms with van der Waals surface area (Å²) >= 11 is 0. The van der Waals surface area contributed by atoms with Crippen molar-refractivity contribution >= 4 is 11.8 Å². The molecule has 2 saturated heterocycles. The first-order valence-electron chi connectivity index (χ1n) is 6.66. The number of ether oxygens (including phenoxy) is 1. The molecule has 0 atom stereocenters. The lowest BCUT2D eigenvalue weighted by Crippen LogP contribution is -2.56. The lowest BCUT2D eigenvalue weighted by molar-refractivity contribution is -0.0660. The number of nitrogens with zero attached hydrogens (tertiary/aromatic N) is 2. The van der Waals surface area contributed by atoms with Crippen molar-refractivity contribution in [1.29, 1.82) is 0 Å². The van der Waals surface area contributed by atoms with Crippen molar-refractivity contribution in [2.75, 3.05) is 44.3 Å². The maximum absolute atomic E-state index is 5.26. The molecule has 0 N–H and O–H groups in total. The fourth-order valence-corrected chi connectivity index (χ4v) is 2.60. The Bertz CT molecular complexity index is 403. The van der Waals surface area contributed by atoms with Gasteiger partial charge in [0.2, 0.25) is 0 Å². The zero-order chi connectivity index (χ0) is 12.4. The molecule has 0 saturated carbocycles. The van der Waals surface area contributed by atoms with Crippen LogP contribution in [-0.4, -0.2) is 50.3 Å². The van der Waals surface area contributed by atoms with Crippen molar-refractivity contribution in [1.82, 2.24) is 4.90 Å². The summed E-state index contributed by atoms with van der Waals surface area (Å²) in [6.45, 7) is 10.2. The fourth-order valence-electron chi connectivity index (χ4n) is 2.60. The molecule has 2 aliphatic rings. The lowest BCUT2D eigenvalue weighted by Gasteiger charge is -2.43. The Balaban J connectivity index is 1.59. The summed E-state index contributed by atoms with van der Waals surface area (Å²) in [5.41, 5.74) is 2.51. The molecule has 0 aromatic heterocycles. The van der Waals surface area contributed by atoms with E-state index in [1.165, 1.54) is 11.3 Å². The van der Waals surface area contributed by atoms with Gasteiger partial charge in [0.25, 0.3) is 0 Å². The van der Waals surface area contributed by atoms with Gasteiger partial charge in [-0.05, 0) is 17.7 Å². The van der Waals surface area contributed by atoms with E-state index in [9.17, 15) is 0 Å². The molecule has 0 bridgehead atoms. The molecule has 1 aromatic rings. The van der Waals surface area contributed by atoms with Crippen LogP contribution in [0, 0.1) is 0 Å². The Morgan fingerprint density at radius 1 is 1.06 bits per heavy atom. The summed E-state index contributed by atoms with van der Waals surface area (Å²) in [6.07, 6.45) is 1.89. The van der Waals surface area contributed by atoms with E-state index in [0.717, 1.165) is 39.4 Å². The highest BCUT2D eigenvalue weighted by atomic mass is 16.5. The molecule has 96 valence electrons. The molecule has 2 fully saturated rings. The highest BCUT2D eigenvalue weighted by Crippen LogP contribution is 2.20. The Hall–Kier alpha value is -1.32. The van der Waals surface area contributed by atoms with Gasteiger partial charge in [0.05, 0.1) is 19.3 Å². The molecule has 3 rings (SSSR count). The Kier molecular flexibility index (Phi) is 3.35. The maximum Gasteiger partial charge on any atom is 0.0645 e. The third-order valence-electron chi connectivity index (χ3n) is 3.95. The van der Waals surface area contributed by atoms with Gasteiger partial charge in [-0.3, -0.25) is 4.90 Å². The number of piperazine rings is 1. The van der Waals surface area contributed by atoms with E-state index >= 15 is 0 Å². The molecule has 1 aromatic carbocycles. The monoisotopic (exact) mass is 244 g/mol. The third kappa shape index (κ3) is 2.28. The van der Waals surface area contributed by atoms with Gasteiger partial charge in [-0.1, -0.05) is 24.8 Å². The van der Waals surface area contributed by atoms with Crippen molar-refractivity contribution in [2.24, 2.45) is 0 Å². The van der Waals surface area contributed by atoms with E-state index in [1.54, 1.807) is 0 Å². The molecular weight excluding hydrogens is 224 g/mol. The second kappa shape index (κ2) is 5.12. The van der Waals surface area contributed by atoms with Crippen molar-refractivity contribution in [3.63, 3.8) is 0 Å². The molecule has 0 unspecified atom stereocenters. The van der Waals surface area contributed by atoms with Gasteiger partial charge in [-0.25, -0.2) is 0 Å². The first kappa shape index (κ1) is 11.8. The topological polar surface area (TPSA) is 15.7 Å². The van der Waals surface area contributed by atoms with Gasteiger partial charge in [-0.15, -0.1) is 0 Å². The molecular formula is C15H20N2O. The highest BCUT2D eigenvalue weighted by molar-refractivity contribution is 5.55. The third-order valence-corrected chi connectivity index (χ3v) is 3.95. The van der Waals surface area contributed by atoms with E-state index in [1.807, 2.05) is 6.08 Å². The molecule has 0 radical (unpaired) electrons. The van der Waals surface area contributed by atoms with Crippen LogP contribution >= 0.6 is 0 Å². The van der Waals surface area contributed by atoms with Crippen LogP contribution < -0.4 is 4.90 Å². The minimum absolute atomic E-state index is 0.676. The van der Waals surface area contributed by atoms with Gasteiger partial charge in [0.1, 0.15) is 0 Å². The second-order valence-electron chi connectivity index (χ2n) is 5.01. The quantitative estimate of drug-likeness (QED) is 0.807. The molecule has 3 nitrogen and oxygen atoms in total. The predicted octanol–water partition coefficient (Wildman–Crippen LogP) is 1.85. The summed E-state index contributed by atoms with van der Waals surface area (Å²) in [4.78, 5) is 5.01. The molecule has 2 heterocycles. The van der Waals surface area contributed by atoms with Crippen LogP contribution in [0.4, 0.5) is 5.69 Å².